The summed E-state index contributed by atoms with van der Waals surface area (Å²) in [6.45, 7) is -0.403. The van der Waals surface area contributed by atoms with Crippen LogP contribution in [0.3, 0.4) is 0 Å². The lowest BCUT2D eigenvalue weighted by atomic mass is 10.5. The molecule has 0 radical (unpaired) electrons. The maximum Gasteiger partial charge on any atom is 0.322 e. The third-order valence-corrected chi connectivity index (χ3v) is 1.11. The molecule has 0 saturated carbocycles. The average molecular weight is 169 g/mol. The van der Waals surface area contributed by atoms with E-state index in [4.69, 9.17) is 5.11 Å². The van der Waals surface area contributed by atoms with Gasteiger partial charge in [0.05, 0.1) is 0 Å². The third-order valence-electron chi connectivity index (χ3n) is 1.11. The Balaban J connectivity index is 2.45. The van der Waals surface area contributed by atoms with Crippen LogP contribution in [0.4, 0.5) is 0 Å². The van der Waals surface area contributed by atoms with Crippen molar-refractivity contribution in [1.29, 1.82) is 0 Å². The second kappa shape index (κ2) is 3.51. The summed E-state index contributed by atoms with van der Waals surface area (Å²) < 4.78 is 0. The molecule has 1 aromatic rings. The van der Waals surface area contributed by atoms with Crippen molar-refractivity contribution >= 4 is 11.9 Å². The van der Waals surface area contributed by atoms with E-state index in [9.17, 15) is 9.59 Å². The van der Waals surface area contributed by atoms with E-state index in [-0.39, 0.29) is 5.82 Å². The molecule has 0 saturated heterocycles. The van der Waals surface area contributed by atoms with Gasteiger partial charge in [-0.2, -0.15) is 0 Å². The van der Waals surface area contributed by atoms with Crippen LogP contribution in [-0.4, -0.2) is 33.5 Å². The molecule has 6 nitrogen and oxygen atoms in total. The highest BCUT2D eigenvalue weighted by Gasteiger charge is 2.07. The number of carbonyl (C=O) groups excluding carboxylic acids is 1. The van der Waals surface area contributed by atoms with Crippen LogP contribution >= 0.6 is 0 Å². The summed E-state index contributed by atoms with van der Waals surface area (Å²) in [6, 6.07) is 0. The normalized spacial score (nSPS) is 9.33. The van der Waals surface area contributed by atoms with Crippen molar-refractivity contribution in [2.24, 2.45) is 0 Å². The van der Waals surface area contributed by atoms with Crippen LogP contribution in [0.2, 0.25) is 0 Å². The van der Waals surface area contributed by atoms with Crippen LogP contribution in [-0.2, 0) is 4.79 Å². The number of amides is 1. The van der Waals surface area contributed by atoms with Gasteiger partial charge in [-0.15, -0.1) is 0 Å². The van der Waals surface area contributed by atoms with Crippen molar-refractivity contribution < 1.29 is 14.7 Å². The van der Waals surface area contributed by atoms with Crippen LogP contribution in [0.1, 0.15) is 10.6 Å². The number of carbonyl (C=O) groups is 2. The molecule has 0 aliphatic carbocycles. The predicted octanol–water partition coefficient (Wildman–Crippen LogP) is -0.776. The molecule has 0 bridgehead atoms. The van der Waals surface area contributed by atoms with Crippen molar-refractivity contribution in [3.05, 3.63) is 18.2 Å². The van der Waals surface area contributed by atoms with Gasteiger partial charge < -0.3 is 15.4 Å². The molecule has 0 atom stereocenters. The van der Waals surface area contributed by atoms with Crippen molar-refractivity contribution in [1.82, 2.24) is 15.3 Å². The summed E-state index contributed by atoms with van der Waals surface area (Å²) >= 11 is 0. The zero-order valence-electron chi connectivity index (χ0n) is 6.07. The van der Waals surface area contributed by atoms with Crippen molar-refractivity contribution in [2.45, 2.75) is 0 Å². The van der Waals surface area contributed by atoms with Crippen LogP contribution in [0, 0.1) is 0 Å². The van der Waals surface area contributed by atoms with Gasteiger partial charge in [0.25, 0.3) is 5.91 Å². The van der Waals surface area contributed by atoms with Gasteiger partial charge in [0, 0.05) is 12.4 Å². The minimum absolute atomic E-state index is 0.108. The number of hydrogen-bond acceptors (Lipinski definition) is 3. The van der Waals surface area contributed by atoms with Crippen molar-refractivity contribution in [3.63, 3.8) is 0 Å². The molecule has 0 aliphatic rings. The van der Waals surface area contributed by atoms with Gasteiger partial charge in [-0.3, -0.25) is 9.59 Å². The minimum atomic E-state index is -1.09. The topological polar surface area (TPSA) is 95.1 Å². The molecule has 6 heteroatoms. The van der Waals surface area contributed by atoms with Crippen molar-refractivity contribution in [2.75, 3.05) is 6.54 Å². The first-order valence-electron chi connectivity index (χ1n) is 3.19. The van der Waals surface area contributed by atoms with E-state index in [1.807, 2.05) is 0 Å². The molecule has 1 aromatic heterocycles. The van der Waals surface area contributed by atoms with Gasteiger partial charge in [-0.25, -0.2) is 4.98 Å². The lowest BCUT2D eigenvalue weighted by Gasteiger charge is -1.96. The summed E-state index contributed by atoms with van der Waals surface area (Å²) in [5.74, 6) is -1.51. The number of nitrogens with one attached hydrogen (secondary N) is 2. The van der Waals surface area contributed by atoms with E-state index in [2.05, 4.69) is 15.3 Å². The Morgan fingerprint density at radius 1 is 1.67 bits per heavy atom. The molecule has 0 fully saturated rings. The summed E-state index contributed by atoms with van der Waals surface area (Å²) in [5.41, 5.74) is 0. The van der Waals surface area contributed by atoms with Gasteiger partial charge >= 0.3 is 5.97 Å². The molecule has 0 spiro atoms. The second-order valence-corrected chi connectivity index (χ2v) is 2.01. The first-order valence-corrected chi connectivity index (χ1v) is 3.19. The molecule has 0 aromatic carbocycles. The highest BCUT2D eigenvalue weighted by molar-refractivity contribution is 5.92. The van der Waals surface area contributed by atoms with E-state index in [1.165, 1.54) is 12.4 Å². The van der Waals surface area contributed by atoms with E-state index in [1.54, 1.807) is 0 Å². The van der Waals surface area contributed by atoms with Crippen molar-refractivity contribution in [3.8, 4) is 0 Å². The zero-order valence-corrected chi connectivity index (χ0v) is 6.07. The number of H-pyrrole nitrogens is 1. The molecule has 1 rings (SSSR count). The Kier molecular flexibility index (Phi) is 2.42. The Morgan fingerprint density at radius 2 is 2.42 bits per heavy atom. The lowest BCUT2D eigenvalue weighted by Crippen LogP contribution is -2.29. The fourth-order valence-electron chi connectivity index (χ4n) is 0.629. The van der Waals surface area contributed by atoms with Gasteiger partial charge in [0.1, 0.15) is 6.54 Å². The van der Waals surface area contributed by atoms with E-state index in [0.717, 1.165) is 0 Å². The third kappa shape index (κ3) is 2.08. The molecular formula is C6H7N3O3. The van der Waals surface area contributed by atoms with Crippen LogP contribution < -0.4 is 5.32 Å². The minimum Gasteiger partial charge on any atom is -0.480 e. The highest BCUT2D eigenvalue weighted by atomic mass is 16.4. The van der Waals surface area contributed by atoms with Gasteiger partial charge in [0.15, 0.2) is 5.82 Å². The fourth-order valence-corrected chi connectivity index (χ4v) is 0.629. The molecule has 64 valence electrons. The predicted molar refractivity (Wildman–Crippen MR) is 38.6 cm³/mol. The average Bonchev–Trinajstić information content (AvgIpc) is 2.51. The number of carboxylic acids is 1. The number of aromatic amines is 1. The Hall–Kier alpha value is -1.85. The number of aromatic nitrogens is 2. The molecule has 0 unspecified atom stereocenters. The highest BCUT2D eigenvalue weighted by Crippen LogP contribution is 1.86. The summed E-state index contributed by atoms with van der Waals surface area (Å²) in [4.78, 5) is 27.1. The molecular weight excluding hydrogens is 162 g/mol. The summed E-state index contributed by atoms with van der Waals surface area (Å²) in [6.07, 6.45) is 2.89. The summed E-state index contributed by atoms with van der Waals surface area (Å²) in [5, 5.41) is 10.4. The van der Waals surface area contributed by atoms with E-state index >= 15 is 0 Å². The maximum atomic E-state index is 10.9. The summed E-state index contributed by atoms with van der Waals surface area (Å²) in [7, 11) is 0. The van der Waals surface area contributed by atoms with Crippen LogP contribution in [0.5, 0.6) is 0 Å². The SMILES string of the molecule is O=C(O)CNC(=O)c1ncc[nH]1. The Bertz CT molecular complexity index is 280. The smallest absolute Gasteiger partial charge is 0.322 e. The molecule has 3 N–H and O–H groups in total. The molecule has 1 amide bonds. The number of hydrogen-bond donors (Lipinski definition) is 3. The Morgan fingerprint density at radius 3 is 2.92 bits per heavy atom. The monoisotopic (exact) mass is 169 g/mol. The standard InChI is InChI=1S/C6H7N3O3/c10-4(11)3-9-6(12)5-7-1-2-8-5/h1-2H,3H2,(H,7,8)(H,9,12)(H,10,11). The largest absolute Gasteiger partial charge is 0.480 e. The molecule has 1 heterocycles. The van der Waals surface area contributed by atoms with Gasteiger partial charge in [0.2, 0.25) is 0 Å². The van der Waals surface area contributed by atoms with Crippen LogP contribution in [0.15, 0.2) is 12.4 Å². The zero-order chi connectivity index (χ0) is 8.97. The number of nitrogens with zero attached hydrogens (tertiary/aromatic N) is 1. The Labute approximate surface area is 67.6 Å². The number of carboxylic acid groups (broad SMARTS) is 1. The van der Waals surface area contributed by atoms with Gasteiger partial charge in [-0.1, -0.05) is 0 Å². The lowest BCUT2D eigenvalue weighted by molar-refractivity contribution is -0.135. The second-order valence-electron chi connectivity index (χ2n) is 2.01. The quantitative estimate of drug-likeness (QED) is 0.553. The fraction of sp³-hybridized carbons (Fsp3) is 0.167. The molecule has 0 aliphatic heterocycles. The first kappa shape index (κ1) is 8.25. The maximum absolute atomic E-state index is 10.9. The number of aliphatic carboxylic acids is 1. The first-order chi connectivity index (χ1) is 5.70. The van der Waals surface area contributed by atoms with Gasteiger partial charge in [-0.05, 0) is 0 Å². The van der Waals surface area contributed by atoms with E-state index < -0.39 is 18.4 Å². The number of imidazole rings is 1. The van der Waals surface area contributed by atoms with Crippen LogP contribution in [0.25, 0.3) is 0 Å². The number of rotatable bonds is 3. The molecule has 12 heavy (non-hydrogen) atoms. The van der Waals surface area contributed by atoms with E-state index in [0.29, 0.717) is 0 Å².